The fourth-order valence-corrected chi connectivity index (χ4v) is 2.03. The van der Waals surface area contributed by atoms with Gasteiger partial charge in [0.25, 0.3) is 5.91 Å². The third-order valence-electron chi connectivity index (χ3n) is 3.04. The van der Waals surface area contributed by atoms with Crippen molar-refractivity contribution in [3.8, 4) is 0 Å². The molecule has 0 aliphatic heterocycles. The summed E-state index contributed by atoms with van der Waals surface area (Å²) < 4.78 is 12.8. The summed E-state index contributed by atoms with van der Waals surface area (Å²) >= 11 is 0. The molecule has 0 saturated carbocycles. The topological polar surface area (TPSA) is 70.9 Å². The van der Waals surface area contributed by atoms with E-state index in [0.717, 1.165) is 10.9 Å². The molecule has 20 heavy (non-hydrogen) atoms. The van der Waals surface area contributed by atoms with Crippen molar-refractivity contribution < 1.29 is 9.18 Å². The van der Waals surface area contributed by atoms with E-state index in [1.54, 1.807) is 12.1 Å². The number of fused-ring (bicyclic) bond motifs is 1. The summed E-state index contributed by atoms with van der Waals surface area (Å²) in [5, 5.41) is 3.56. The van der Waals surface area contributed by atoms with Gasteiger partial charge in [0.1, 0.15) is 11.5 Å². The largest absolute Gasteiger partial charge is 0.397 e. The Kier molecular flexibility index (Phi) is 2.87. The van der Waals surface area contributed by atoms with E-state index in [0.29, 0.717) is 17.1 Å². The first-order valence-electron chi connectivity index (χ1n) is 6.07. The number of nitrogens with two attached hydrogens (primary N) is 1. The fourth-order valence-electron chi connectivity index (χ4n) is 2.03. The summed E-state index contributed by atoms with van der Waals surface area (Å²) in [5.74, 6) is -0.645. The second-order valence-corrected chi connectivity index (χ2v) is 4.46. The molecule has 1 amide bonds. The molecule has 0 atom stereocenters. The molecule has 2 aromatic carbocycles. The lowest BCUT2D eigenvalue weighted by Gasteiger charge is -2.03. The first-order chi connectivity index (χ1) is 9.63. The Morgan fingerprint density at radius 2 is 1.90 bits per heavy atom. The van der Waals surface area contributed by atoms with Gasteiger partial charge in [0.15, 0.2) is 0 Å². The minimum Gasteiger partial charge on any atom is -0.397 e. The molecule has 0 unspecified atom stereocenters. The number of aromatic amines is 1. The van der Waals surface area contributed by atoms with E-state index in [2.05, 4.69) is 10.3 Å². The van der Waals surface area contributed by atoms with Crippen molar-refractivity contribution in [1.82, 2.24) is 4.98 Å². The fraction of sp³-hybridized carbons (Fsp3) is 0. The van der Waals surface area contributed by atoms with Crippen molar-refractivity contribution >= 4 is 28.2 Å². The van der Waals surface area contributed by atoms with E-state index in [9.17, 15) is 9.18 Å². The molecule has 0 fully saturated rings. The number of hydrogen-bond donors (Lipinski definition) is 3. The number of nitrogens with one attached hydrogen (secondary N) is 2. The average Bonchev–Trinajstić information content (AvgIpc) is 2.87. The standard InChI is InChI=1S/C15H12FN3O/c16-10-4-6-11(7-5-10)18-15(20)13-8-9-2-1-3-12(17)14(9)19-13/h1-8,19H,17H2,(H,18,20). The number of amides is 1. The van der Waals surface area contributed by atoms with Crippen molar-refractivity contribution in [1.29, 1.82) is 0 Å². The second-order valence-electron chi connectivity index (χ2n) is 4.46. The molecule has 3 rings (SSSR count). The Morgan fingerprint density at radius 3 is 2.60 bits per heavy atom. The van der Waals surface area contributed by atoms with E-state index in [1.165, 1.54) is 24.3 Å². The Labute approximate surface area is 114 Å². The lowest BCUT2D eigenvalue weighted by atomic mass is 10.2. The first kappa shape index (κ1) is 12.2. The van der Waals surface area contributed by atoms with Crippen LogP contribution in [0.1, 0.15) is 10.5 Å². The van der Waals surface area contributed by atoms with Gasteiger partial charge in [0.2, 0.25) is 0 Å². The maximum absolute atomic E-state index is 12.8. The number of H-pyrrole nitrogens is 1. The summed E-state index contributed by atoms with van der Waals surface area (Å²) in [7, 11) is 0. The van der Waals surface area contributed by atoms with Crippen molar-refractivity contribution in [2.45, 2.75) is 0 Å². The minimum absolute atomic E-state index is 0.299. The van der Waals surface area contributed by atoms with Gasteiger partial charge in [-0.15, -0.1) is 0 Å². The Morgan fingerprint density at radius 1 is 1.15 bits per heavy atom. The first-order valence-corrected chi connectivity index (χ1v) is 6.07. The zero-order valence-electron chi connectivity index (χ0n) is 10.5. The van der Waals surface area contributed by atoms with Crippen LogP contribution in [0.25, 0.3) is 10.9 Å². The van der Waals surface area contributed by atoms with Crippen LogP contribution in [0.4, 0.5) is 15.8 Å². The molecule has 0 aliphatic rings. The molecule has 3 aromatic rings. The van der Waals surface area contributed by atoms with Gasteiger partial charge in [-0.25, -0.2) is 4.39 Å². The Balaban J connectivity index is 1.89. The molecule has 0 spiro atoms. The zero-order valence-corrected chi connectivity index (χ0v) is 10.5. The summed E-state index contributed by atoms with van der Waals surface area (Å²) in [6.45, 7) is 0. The van der Waals surface area contributed by atoms with Gasteiger partial charge < -0.3 is 16.0 Å². The summed E-state index contributed by atoms with van der Waals surface area (Å²) in [6, 6.07) is 12.8. The molecule has 0 saturated heterocycles. The summed E-state index contributed by atoms with van der Waals surface area (Å²) in [6.07, 6.45) is 0. The van der Waals surface area contributed by atoms with Gasteiger partial charge in [-0.1, -0.05) is 12.1 Å². The van der Waals surface area contributed by atoms with Crippen LogP contribution in [0.5, 0.6) is 0 Å². The van der Waals surface area contributed by atoms with Crippen molar-refractivity contribution in [2.75, 3.05) is 11.1 Å². The van der Waals surface area contributed by atoms with E-state index in [4.69, 9.17) is 5.73 Å². The zero-order chi connectivity index (χ0) is 14.1. The summed E-state index contributed by atoms with van der Waals surface area (Å²) in [4.78, 5) is 15.1. The predicted molar refractivity (Wildman–Crippen MR) is 77.1 cm³/mol. The number of benzene rings is 2. The van der Waals surface area contributed by atoms with Gasteiger partial charge in [-0.2, -0.15) is 0 Å². The number of hydrogen-bond acceptors (Lipinski definition) is 2. The molecule has 0 radical (unpaired) electrons. The molecule has 1 aromatic heterocycles. The molecule has 0 bridgehead atoms. The van der Waals surface area contributed by atoms with Gasteiger partial charge >= 0.3 is 0 Å². The second kappa shape index (κ2) is 4.70. The Bertz CT molecular complexity index is 777. The van der Waals surface area contributed by atoms with Crippen LogP contribution in [0.3, 0.4) is 0 Å². The lowest BCUT2D eigenvalue weighted by Crippen LogP contribution is -2.12. The quantitative estimate of drug-likeness (QED) is 0.625. The van der Waals surface area contributed by atoms with Crippen molar-refractivity contribution in [2.24, 2.45) is 0 Å². The molecule has 4 nitrogen and oxygen atoms in total. The van der Waals surface area contributed by atoms with Crippen LogP contribution in [0.15, 0.2) is 48.5 Å². The van der Waals surface area contributed by atoms with Gasteiger partial charge in [-0.05, 0) is 36.4 Å². The number of para-hydroxylation sites is 1. The summed E-state index contributed by atoms with van der Waals surface area (Å²) in [5.41, 5.74) is 8.09. The van der Waals surface area contributed by atoms with Crippen LogP contribution in [0, 0.1) is 5.82 Å². The predicted octanol–water partition coefficient (Wildman–Crippen LogP) is 3.14. The molecule has 1 heterocycles. The van der Waals surface area contributed by atoms with Crippen LogP contribution in [0.2, 0.25) is 0 Å². The minimum atomic E-state index is -0.346. The lowest BCUT2D eigenvalue weighted by molar-refractivity contribution is 0.102. The number of aromatic nitrogens is 1. The number of carbonyl (C=O) groups is 1. The van der Waals surface area contributed by atoms with Gasteiger partial charge in [0.05, 0.1) is 11.2 Å². The maximum atomic E-state index is 12.8. The number of nitrogen functional groups attached to an aromatic ring is 1. The number of anilines is 2. The Hall–Kier alpha value is -2.82. The third-order valence-corrected chi connectivity index (χ3v) is 3.04. The highest BCUT2D eigenvalue weighted by atomic mass is 19.1. The molecule has 0 aliphatic carbocycles. The monoisotopic (exact) mass is 269 g/mol. The van der Waals surface area contributed by atoms with E-state index >= 15 is 0 Å². The molecule has 5 heteroatoms. The SMILES string of the molecule is Nc1cccc2cc(C(=O)Nc3ccc(F)cc3)[nH]c12. The van der Waals surface area contributed by atoms with Crippen LogP contribution in [-0.4, -0.2) is 10.9 Å². The number of carbonyl (C=O) groups excluding carboxylic acids is 1. The van der Waals surface area contributed by atoms with Gasteiger partial charge in [0, 0.05) is 11.1 Å². The third kappa shape index (κ3) is 2.21. The number of rotatable bonds is 2. The molecular weight excluding hydrogens is 257 g/mol. The molecule has 4 N–H and O–H groups in total. The van der Waals surface area contributed by atoms with E-state index in [1.807, 2.05) is 12.1 Å². The van der Waals surface area contributed by atoms with Crippen molar-refractivity contribution in [3.63, 3.8) is 0 Å². The van der Waals surface area contributed by atoms with Crippen LogP contribution >= 0.6 is 0 Å². The number of halogens is 1. The van der Waals surface area contributed by atoms with Crippen LogP contribution < -0.4 is 11.1 Å². The van der Waals surface area contributed by atoms with E-state index in [-0.39, 0.29) is 11.7 Å². The van der Waals surface area contributed by atoms with Gasteiger partial charge in [-0.3, -0.25) is 4.79 Å². The van der Waals surface area contributed by atoms with Crippen molar-refractivity contribution in [3.05, 3.63) is 60.0 Å². The highest BCUT2D eigenvalue weighted by Crippen LogP contribution is 2.21. The highest BCUT2D eigenvalue weighted by molar-refractivity contribution is 6.07. The highest BCUT2D eigenvalue weighted by Gasteiger charge is 2.10. The average molecular weight is 269 g/mol. The van der Waals surface area contributed by atoms with E-state index < -0.39 is 0 Å². The smallest absolute Gasteiger partial charge is 0.272 e. The molecule has 100 valence electrons. The van der Waals surface area contributed by atoms with Crippen LogP contribution in [-0.2, 0) is 0 Å². The maximum Gasteiger partial charge on any atom is 0.272 e. The normalized spacial score (nSPS) is 10.7. The molecular formula is C15H12FN3O.